The number of methoxy groups -OCH3 is 2. The zero-order valence-corrected chi connectivity index (χ0v) is 19.5. The summed E-state index contributed by atoms with van der Waals surface area (Å²) in [7, 11) is 2.40. The van der Waals surface area contributed by atoms with Crippen LogP contribution in [0.1, 0.15) is 59.8 Å². The van der Waals surface area contributed by atoms with Crippen LogP contribution < -0.4 is 5.73 Å². The number of nitrogen functional groups attached to an aromatic ring is 1. The highest BCUT2D eigenvalue weighted by molar-refractivity contribution is 6.16. The fourth-order valence-corrected chi connectivity index (χ4v) is 4.21. The van der Waals surface area contributed by atoms with E-state index in [9.17, 15) is 19.2 Å². The number of nitrogens with zero attached hydrogens (tertiary/aromatic N) is 1. The van der Waals surface area contributed by atoms with Crippen molar-refractivity contribution in [1.29, 1.82) is 0 Å². The summed E-state index contributed by atoms with van der Waals surface area (Å²) in [6.07, 6.45) is 0. The first kappa shape index (κ1) is 23.5. The molecule has 0 unspecified atom stereocenters. The minimum absolute atomic E-state index is 0.0344. The van der Waals surface area contributed by atoms with Gasteiger partial charge in [-0.1, -0.05) is 30.3 Å². The quantitative estimate of drug-likeness (QED) is 0.327. The van der Waals surface area contributed by atoms with E-state index in [2.05, 4.69) is 0 Å². The molecule has 0 saturated heterocycles. The van der Waals surface area contributed by atoms with Crippen LogP contribution in [0.15, 0.2) is 52.9 Å². The summed E-state index contributed by atoms with van der Waals surface area (Å²) >= 11 is 0. The van der Waals surface area contributed by atoms with Gasteiger partial charge in [0.15, 0.2) is 11.6 Å². The predicted molar refractivity (Wildman–Crippen MR) is 127 cm³/mol. The maximum atomic E-state index is 13.2. The fraction of sp³-hybridized carbons (Fsp3) is 0.154. The lowest BCUT2D eigenvalue weighted by molar-refractivity contribution is 0.0565. The minimum Gasteiger partial charge on any atom is -0.465 e. The summed E-state index contributed by atoms with van der Waals surface area (Å²) in [4.78, 5) is 51.1. The number of ketones is 2. The van der Waals surface area contributed by atoms with E-state index in [4.69, 9.17) is 19.6 Å². The molecule has 9 heteroatoms. The Labute approximate surface area is 200 Å². The van der Waals surface area contributed by atoms with Gasteiger partial charge in [0.05, 0.1) is 30.9 Å². The van der Waals surface area contributed by atoms with E-state index in [1.807, 2.05) is 0 Å². The third-order valence-electron chi connectivity index (χ3n) is 5.75. The lowest BCUT2D eigenvalue weighted by atomic mass is 9.94. The molecule has 0 aliphatic rings. The van der Waals surface area contributed by atoms with Gasteiger partial charge in [-0.15, -0.1) is 0 Å². The molecule has 2 N–H and O–H groups in total. The van der Waals surface area contributed by atoms with E-state index in [0.29, 0.717) is 11.3 Å². The van der Waals surface area contributed by atoms with E-state index in [1.54, 1.807) is 37.3 Å². The standard InChI is InChI=1S/C26H22N2O7/c1-13-20(14(2)29)22(18-10-11-19(35-18)25(31)33-3)21(26(32)34-4)17-12-16(24(27)28(13)17)23(30)15-8-6-5-7-9-15/h5-12H,27H2,1-4H3. The molecule has 3 aromatic heterocycles. The van der Waals surface area contributed by atoms with Crippen molar-refractivity contribution in [2.75, 3.05) is 20.0 Å². The smallest absolute Gasteiger partial charge is 0.373 e. The molecule has 0 amide bonds. The highest BCUT2D eigenvalue weighted by atomic mass is 16.5. The Kier molecular flexibility index (Phi) is 6.00. The van der Waals surface area contributed by atoms with Crippen molar-refractivity contribution >= 4 is 34.8 Å². The molecule has 0 fully saturated rings. The molecule has 0 atom stereocenters. The van der Waals surface area contributed by atoms with Crippen molar-refractivity contribution < 1.29 is 33.1 Å². The topological polar surface area (TPSA) is 130 Å². The maximum absolute atomic E-state index is 13.2. The number of fused-ring (bicyclic) bond motifs is 1. The number of aromatic nitrogens is 1. The Morgan fingerprint density at radius 3 is 2.17 bits per heavy atom. The molecule has 0 aliphatic carbocycles. The molecule has 0 bridgehead atoms. The number of hydrogen-bond acceptors (Lipinski definition) is 8. The minimum atomic E-state index is -0.778. The summed E-state index contributed by atoms with van der Waals surface area (Å²) in [5, 5.41) is 0. The van der Waals surface area contributed by atoms with Crippen molar-refractivity contribution in [2.24, 2.45) is 0 Å². The molecule has 1 aromatic carbocycles. The number of carbonyl (C=O) groups excluding carboxylic acids is 4. The van der Waals surface area contributed by atoms with Gasteiger partial charge in [-0.25, -0.2) is 9.59 Å². The molecule has 35 heavy (non-hydrogen) atoms. The Balaban J connectivity index is 2.11. The molecule has 3 heterocycles. The van der Waals surface area contributed by atoms with Gasteiger partial charge in [-0.05, 0) is 32.0 Å². The van der Waals surface area contributed by atoms with Crippen molar-refractivity contribution in [3.05, 3.63) is 82.2 Å². The van der Waals surface area contributed by atoms with Crippen molar-refractivity contribution in [3.63, 3.8) is 0 Å². The zero-order valence-electron chi connectivity index (χ0n) is 19.5. The largest absolute Gasteiger partial charge is 0.465 e. The van der Waals surface area contributed by atoms with E-state index >= 15 is 0 Å². The van der Waals surface area contributed by atoms with Crippen molar-refractivity contribution in [1.82, 2.24) is 4.40 Å². The second-order valence-corrected chi connectivity index (χ2v) is 7.77. The van der Waals surface area contributed by atoms with Gasteiger partial charge in [0.1, 0.15) is 11.6 Å². The highest BCUT2D eigenvalue weighted by Crippen LogP contribution is 2.38. The first-order valence-electron chi connectivity index (χ1n) is 10.6. The Morgan fingerprint density at radius 2 is 1.57 bits per heavy atom. The van der Waals surface area contributed by atoms with Gasteiger partial charge in [0, 0.05) is 22.4 Å². The number of benzene rings is 1. The average molecular weight is 474 g/mol. The Hall–Kier alpha value is -4.66. The number of carbonyl (C=O) groups is 4. The van der Waals surface area contributed by atoms with Crippen LogP contribution in [0.2, 0.25) is 0 Å². The molecule has 0 spiro atoms. The van der Waals surface area contributed by atoms with Crippen LogP contribution in [-0.2, 0) is 9.47 Å². The van der Waals surface area contributed by atoms with Crippen LogP contribution in [0, 0.1) is 6.92 Å². The number of pyridine rings is 1. The molecule has 0 saturated carbocycles. The first-order valence-corrected chi connectivity index (χ1v) is 10.6. The molecule has 178 valence electrons. The third-order valence-corrected chi connectivity index (χ3v) is 5.75. The van der Waals surface area contributed by atoms with Gasteiger partial charge in [-0.2, -0.15) is 0 Å². The first-order chi connectivity index (χ1) is 16.7. The van der Waals surface area contributed by atoms with Gasteiger partial charge < -0.3 is 19.6 Å². The molecular formula is C26H22N2O7. The third kappa shape index (κ3) is 3.76. The molecule has 4 aromatic rings. The number of hydrogen-bond donors (Lipinski definition) is 1. The molecule has 4 rings (SSSR count). The second-order valence-electron chi connectivity index (χ2n) is 7.77. The molecule has 0 aliphatic heterocycles. The average Bonchev–Trinajstić information content (AvgIpc) is 3.48. The van der Waals surface area contributed by atoms with Gasteiger partial charge in [-0.3, -0.25) is 14.0 Å². The van der Waals surface area contributed by atoms with E-state index in [1.165, 1.54) is 43.7 Å². The number of aryl methyl sites for hydroxylation is 1. The van der Waals surface area contributed by atoms with E-state index in [0.717, 1.165) is 0 Å². The van der Waals surface area contributed by atoms with Crippen LogP contribution in [0.4, 0.5) is 5.82 Å². The lowest BCUT2D eigenvalue weighted by Gasteiger charge is -2.17. The molecule has 0 radical (unpaired) electrons. The second kappa shape index (κ2) is 8.94. The summed E-state index contributed by atoms with van der Waals surface area (Å²) in [5.41, 5.74) is 7.83. The highest BCUT2D eigenvalue weighted by Gasteiger charge is 2.31. The maximum Gasteiger partial charge on any atom is 0.373 e. The summed E-state index contributed by atoms with van der Waals surface area (Å²) in [6.45, 7) is 2.98. The number of ether oxygens (including phenoxy) is 2. The number of furan rings is 1. The van der Waals surface area contributed by atoms with Crippen LogP contribution in [0.3, 0.4) is 0 Å². The van der Waals surface area contributed by atoms with Crippen LogP contribution >= 0.6 is 0 Å². The van der Waals surface area contributed by atoms with Crippen molar-refractivity contribution in [2.45, 2.75) is 13.8 Å². The van der Waals surface area contributed by atoms with Gasteiger partial charge in [0.25, 0.3) is 0 Å². The monoisotopic (exact) mass is 474 g/mol. The normalized spacial score (nSPS) is 10.9. The molecule has 9 nitrogen and oxygen atoms in total. The number of rotatable bonds is 6. The SMILES string of the molecule is COC(=O)c1ccc(-c2c(C(C)=O)c(C)n3c(N)c(C(=O)c4ccccc4)cc3c2C(=O)OC)o1. The summed E-state index contributed by atoms with van der Waals surface area (Å²) in [6, 6.07) is 12.9. The van der Waals surface area contributed by atoms with Crippen LogP contribution in [-0.4, -0.2) is 42.1 Å². The number of nitrogens with two attached hydrogens (primary N) is 1. The summed E-state index contributed by atoms with van der Waals surface area (Å²) < 4.78 is 16.9. The number of esters is 2. The lowest BCUT2D eigenvalue weighted by Crippen LogP contribution is -2.15. The predicted octanol–water partition coefficient (Wildman–Crippen LogP) is 4.10. The zero-order chi connectivity index (χ0) is 25.4. The number of Topliss-reactive ketones (excluding diaryl/α,β-unsaturated/α-hetero) is 1. The number of anilines is 1. The van der Waals surface area contributed by atoms with Gasteiger partial charge in [0.2, 0.25) is 5.76 Å². The van der Waals surface area contributed by atoms with Crippen LogP contribution in [0.5, 0.6) is 0 Å². The Bertz CT molecular complexity index is 1510. The fourth-order valence-electron chi connectivity index (χ4n) is 4.21. The van der Waals surface area contributed by atoms with E-state index in [-0.39, 0.29) is 56.7 Å². The Morgan fingerprint density at radius 1 is 0.914 bits per heavy atom. The molecular weight excluding hydrogens is 452 g/mol. The summed E-state index contributed by atoms with van der Waals surface area (Å²) in [5.74, 6) is -2.19. The van der Waals surface area contributed by atoms with Gasteiger partial charge >= 0.3 is 11.9 Å². The van der Waals surface area contributed by atoms with E-state index < -0.39 is 11.9 Å². The van der Waals surface area contributed by atoms with Crippen LogP contribution in [0.25, 0.3) is 16.8 Å². The van der Waals surface area contributed by atoms with Crippen molar-refractivity contribution in [3.8, 4) is 11.3 Å².